The van der Waals surface area contributed by atoms with Crippen molar-refractivity contribution in [1.82, 2.24) is 10.2 Å². The molecule has 2 aromatic carbocycles. The Kier molecular flexibility index (Phi) is 6.36. The molecule has 8 heteroatoms. The molecule has 2 N–H and O–H groups in total. The van der Waals surface area contributed by atoms with Crippen LogP contribution < -0.4 is 5.32 Å². The SMILES string of the molecule is COCC(C)(NC(=O)OCC1c2ccccc2-c2ccccc21)C(=O)N1CCC(C)(C(=O)O)C1. The lowest BCUT2D eigenvalue weighted by molar-refractivity contribution is -0.148. The largest absolute Gasteiger partial charge is 0.481 e. The van der Waals surface area contributed by atoms with E-state index >= 15 is 0 Å². The number of carboxylic acid groups (broad SMARTS) is 1. The molecule has 0 spiro atoms. The smallest absolute Gasteiger partial charge is 0.408 e. The van der Waals surface area contributed by atoms with Crippen LogP contribution in [0.3, 0.4) is 0 Å². The van der Waals surface area contributed by atoms with Crippen molar-refractivity contribution < 1.29 is 29.0 Å². The number of nitrogens with zero attached hydrogens (tertiary/aromatic N) is 1. The van der Waals surface area contributed by atoms with Gasteiger partial charge in [0.2, 0.25) is 0 Å². The lowest BCUT2D eigenvalue weighted by Crippen LogP contribution is -2.60. The number of carbonyl (C=O) groups excluding carboxylic acids is 2. The number of likely N-dealkylation sites (tertiary alicyclic amines) is 1. The minimum atomic E-state index is -1.39. The predicted octanol–water partition coefficient (Wildman–Crippen LogP) is 3.25. The summed E-state index contributed by atoms with van der Waals surface area (Å²) in [6.07, 6.45) is -0.378. The molecular weight excluding hydrogens is 436 g/mol. The summed E-state index contributed by atoms with van der Waals surface area (Å²) < 4.78 is 10.8. The van der Waals surface area contributed by atoms with Crippen LogP contribution in [-0.2, 0) is 19.1 Å². The number of alkyl carbamates (subject to hydrolysis) is 1. The standard InChI is InChI=1S/C26H30N2O6/c1-25(23(30)31)12-13-28(15-25)22(29)26(2,16-33-3)27-24(32)34-14-21-19-10-6-4-8-17(19)18-9-5-7-11-20(18)21/h4-11,21H,12-16H2,1-3H3,(H,27,32)(H,30,31). The summed E-state index contributed by atoms with van der Waals surface area (Å²) >= 11 is 0. The van der Waals surface area contributed by atoms with Crippen molar-refractivity contribution in [3.8, 4) is 11.1 Å². The molecule has 34 heavy (non-hydrogen) atoms. The Bertz CT molecular complexity index is 1070. The number of fused-ring (bicyclic) bond motifs is 3. The van der Waals surface area contributed by atoms with Crippen LogP contribution >= 0.6 is 0 Å². The van der Waals surface area contributed by atoms with Gasteiger partial charge in [-0.25, -0.2) is 4.79 Å². The molecule has 1 aliphatic carbocycles. The second-order valence-corrected chi connectivity index (χ2v) is 9.56. The fourth-order valence-corrected chi connectivity index (χ4v) is 4.96. The van der Waals surface area contributed by atoms with Crippen molar-refractivity contribution in [2.75, 3.05) is 33.4 Å². The zero-order valence-corrected chi connectivity index (χ0v) is 19.7. The minimum absolute atomic E-state index is 0.0731. The number of carboxylic acids is 1. The van der Waals surface area contributed by atoms with Gasteiger partial charge in [0, 0.05) is 26.1 Å². The van der Waals surface area contributed by atoms with E-state index in [1.165, 1.54) is 12.0 Å². The Hall–Kier alpha value is -3.39. The molecule has 2 unspecified atom stereocenters. The van der Waals surface area contributed by atoms with E-state index in [1.54, 1.807) is 13.8 Å². The highest BCUT2D eigenvalue weighted by Gasteiger charge is 2.47. The number of benzene rings is 2. The molecule has 2 aromatic rings. The zero-order valence-electron chi connectivity index (χ0n) is 19.7. The second kappa shape index (κ2) is 9.10. The highest BCUT2D eigenvalue weighted by Crippen LogP contribution is 2.44. The molecule has 2 amide bonds. The Morgan fingerprint density at radius 1 is 1.12 bits per heavy atom. The minimum Gasteiger partial charge on any atom is -0.481 e. The number of hydrogen-bond donors (Lipinski definition) is 2. The Labute approximate surface area is 198 Å². The summed E-state index contributed by atoms with van der Waals surface area (Å²) in [6.45, 7) is 3.61. The van der Waals surface area contributed by atoms with Gasteiger partial charge in [-0.05, 0) is 42.5 Å². The summed E-state index contributed by atoms with van der Waals surface area (Å²) in [6, 6.07) is 16.1. The zero-order chi connectivity index (χ0) is 24.5. The number of aliphatic carboxylic acids is 1. The highest BCUT2D eigenvalue weighted by molar-refractivity contribution is 5.91. The van der Waals surface area contributed by atoms with Crippen LogP contribution in [-0.4, -0.2) is 66.9 Å². The fraction of sp³-hybridized carbons (Fsp3) is 0.423. The molecule has 1 saturated heterocycles. The first-order valence-corrected chi connectivity index (χ1v) is 11.3. The molecule has 4 rings (SSSR count). The van der Waals surface area contributed by atoms with E-state index < -0.39 is 28.9 Å². The summed E-state index contributed by atoms with van der Waals surface area (Å²) in [5.41, 5.74) is 2.05. The maximum Gasteiger partial charge on any atom is 0.408 e. The third kappa shape index (κ3) is 4.25. The van der Waals surface area contributed by atoms with Gasteiger partial charge in [-0.2, -0.15) is 0 Å². The summed E-state index contributed by atoms with van der Waals surface area (Å²) in [7, 11) is 1.44. The molecular formula is C26H30N2O6. The first kappa shape index (κ1) is 23.8. The van der Waals surface area contributed by atoms with Crippen molar-refractivity contribution >= 4 is 18.0 Å². The van der Waals surface area contributed by atoms with Crippen LogP contribution in [0.1, 0.15) is 37.3 Å². The number of ether oxygens (including phenoxy) is 2. The third-order valence-corrected chi connectivity index (χ3v) is 6.90. The third-order valence-electron chi connectivity index (χ3n) is 6.90. The molecule has 0 aromatic heterocycles. The fourth-order valence-electron chi connectivity index (χ4n) is 4.96. The van der Waals surface area contributed by atoms with Gasteiger partial charge in [0.05, 0.1) is 12.0 Å². The van der Waals surface area contributed by atoms with Gasteiger partial charge < -0.3 is 24.8 Å². The molecule has 1 heterocycles. The van der Waals surface area contributed by atoms with Crippen LogP contribution in [0.25, 0.3) is 11.1 Å². The van der Waals surface area contributed by atoms with E-state index in [0.717, 1.165) is 22.3 Å². The molecule has 0 bridgehead atoms. The van der Waals surface area contributed by atoms with Gasteiger partial charge in [0.1, 0.15) is 12.1 Å². The van der Waals surface area contributed by atoms with E-state index in [0.29, 0.717) is 13.0 Å². The maximum atomic E-state index is 13.3. The van der Waals surface area contributed by atoms with Gasteiger partial charge in [0.25, 0.3) is 5.91 Å². The Morgan fingerprint density at radius 2 is 1.71 bits per heavy atom. The molecule has 0 saturated carbocycles. The van der Waals surface area contributed by atoms with Gasteiger partial charge in [-0.15, -0.1) is 0 Å². The Morgan fingerprint density at radius 3 is 2.24 bits per heavy atom. The number of carbonyl (C=O) groups is 3. The van der Waals surface area contributed by atoms with Crippen LogP contribution in [0.5, 0.6) is 0 Å². The van der Waals surface area contributed by atoms with E-state index in [-0.39, 0.29) is 25.7 Å². The van der Waals surface area contributed by atoms with Gasteiger partial charge in [-0.1, -0.05) is 48.5 Å². The van der Waals surface area contributed by atoms with E-state index in [1.807, 2.05) is 36.4 Å². The lowest BCUT2D eigenvalue weighted by Gasteiger charge is -2.33. The predicted molar refractivity (Wildman–Crippen MR) is 125 cm³/mol. The van der Waals surface area contributed by atoms with Gasteiger partial charge in [-0.3, -0.25) is 9.59 Å². The number of amides is 2. The summed E-state index contributed by atoms with van der Waals surface area (Å²) in [5, 5.41) is 12.2. The number of methoxy groups -OCH3 is 1. The quantitative estimate of drug-likeness (QED) is 0.649. The van der Waals surface area contributed by atoms with Gasteiger partial charge in [0.15, 0.2) is 0 Å². The van der Waals surface area contributed by atoms with Gasteiger partial charge >= 0.3 is 12.1 Å². The molecule has 180 valence electrons. The van der Waals surface area contributed by atoms with Crippen LogP contribution in [0.2, 0.25) is 0 Å². The number of nitrogens with one attached hydrogen (secondary N) is 1. The molecule has 0 radical (unpaired) electrons. The van der Waals surface area contributed by atoms with Crippen molar-refractivity contribution in [3.63, 3.8) is 0 Å². The molecule has 2 aliphatic rings. The van der Waals surface area contributed by atoms with Crippen LogP contribution in [0.15, 0.2) is 48.5 Å². The van der Waals surface area contributed by atoms with Crippen molar-refractivity contribution in [3.05, 3.63) is 59.7 Å². The molecule has 1 fully saturated rings. The number of rotatable bonds is 7. The first-order valence-electron chi connectivity index (χ1n) is 11.3. The van der Waals surface area contributed by atoms with Crippen LogP contribution in [0.4, 0.5) is 4.79 Å². The van der Waals surface area contributed by atoms with E-state index in [4.69, 9.17) is 9.47 Å². The first-order chi connectivity index (χ1) is 16.2. The number of hydrogen-bond acceptors (Lipinski definition) is 5. The average molecular weight is 467 g/mol. The van der Waals surface area contributed by atoms with Crippen molar-refractivity contribution in [1.29, 1.82) is 0 Å². The summed E-state index contributed by atoms with van der Waals surface area (Å²) in [4.78, 5) is 39.1. The monoisotopic (exact) mass is 466 g/mol. The van der Waals surface area contributed by atoms with E-state index in [9.17, 15) is 19.5 Å². The topological polar surface area (TPSA) is 105 Å². The normalized spacial score (nSPS) is 20.9. The molecule has 8 nitrogen and oxygen atoms in total. The Balaban J connectivity index is 1.45. The molecule has 1 aliphatic heterocycles. The molecule has 2 atom stereocenters. The highest BCUT2D eigenvalue weighted by atomic mass is 16.5. The van der Waals surface area contributed by atoms with Crippen molar-refractivity contribution in [2.45, 2.75) is 31.7 Å². The van der Waals surface area contributed by atoms with E-state index in [2.05, 4.69) is 17.4 Å². The second-order valence-electron chi connectivity index (χ2n) is 9.56. The lowest BCUT2D eigenvalue weighted by atomic mass is 9.90. The maximum absolute atomic E-state index is 13.3. The summed E-state index contributed by atoms with van der Waals surface area (Å²) in [5.74, 6) is -1.44. The average Bonchev–Trinajstić information content (AvgIpc) is 3.37. The van der Waals surface area contributed by atoms with Crippen molar-refractivity contribution in [2.24, 2.45) is 5.41 Å². The van der Waals surface area contributed by atoms with Crippen LogP contribution in [0, 0.1) is 5.41 Å².